The molecule has 150 valence electrons. The van der Waals surface area contributed by atoms with Crippen molar-refractivity contribution in [2.45, 2.75) is 36.7 Å². The zero-order valence-electron chi connectivity index (χ0n) is 15.8. The Bertz CT molecular complexity index is 922. The number of sulfonamides is 1. The zero-order valence-corrected chi connectivity index (χ0v) is 17.4. The molecule has 0 unspecified atom stereocenters. The highest BCUT2D eigenvalue weighted by Crippen LogP contribution is 2.31. The van der Waals surface area contributed by atoms with Gasteiger partial charge < -0.3 is 9.47 Å². The number of rotatable bonds is 8. The first-order valence-electron chi connectivity index (χ1n) is 9.19. The largest absolute Gasteiger partial charge is 0.495 e. The molecule has 1 aliphatic rings. The van der Waals surface area contributed by atoms with Crippen molar-refractivity contribution in [3.63, 3.8) is 0 Å². The molecular weight excluding hydrogens is 398 g/mol. The summed E-state index contributed by atoms with van der Waals surface area (Å²) in [5.74, 6) is 1.17. The number of halogens is 1. The maximum Gasteiger partial charge on any atom is 0.264 e. The summed E-state index contributed by atoms with van der Waals surface area (Å²) in [7, 11) is -2.34. The van der Waals surface area contributed by atoms with E-state index in [2.05, 4.69) is 6.58 Å². The van der Waals surface area contributed by atoms with Gasteiger partial charge in [0.15, 0.2) is 0 Å². The average molecular weight is 422 g/mol. The van der Waals surface area contributed by atoms with Crippen LogP contribution in [0.25, 0.3) is 0 Å². The highest BCUT2D eigenvalue weighted by atomic mass is 35.5. The number of nitrogens with zero attached hydrogens (tertiary/aromatic N) is 1. The van der Waals surface area contributed by atoms with Crippen molar-refractivity contribution in [3.05, 3.63) is 60.1 Å². The molecule has 2 aromatic carbocycles. The molecule has 3 rings (SSSR count). The fourth-order valence-corrected chi connectivity index (χ4v) is 5.07. The van der Waals surface area contributed by atoms with Gasteiger partial charge in [-0.3, -0.25) is 4.31 Å². The second-order valence-corrected chi connectivity index (χ2v) is 8.91. The highest BCUT2D eigenvalue weighted by molar-refractivity contribution is 7.92. The smallest absolute Gasteiger partial charge is 0.264 e. The summed E-state index contributed by atoms with van der Waals surface area (Å²) in [5, 5.41) is 0.238. The monoisotopic (exact) mass is 421 g/mol. The predicted octanol–water partition coefficient (Wildman–Crippen LogP) is 5.05. The van der Waals surface area contributed by atoms with Crippen molar-refractivity contribution in [2.75, 3.05) is 18.0 Å². The van der Waals surface area contributed by atoms with Gasteiger partial charge in [0, 0.05) is 0 Å². The molecule has 0 spiro atoms. The van der Waals surface area contributed by atoms with Gasteiger partial charge >= 0.3 is 0 Å². The molecule has 0 aliphatic heterocycles. The van der Waals surface area contributed by atoms with Crippen LogP contribution < -0.4 is 13.8 Å². The summed E-state index contributed by atoms with van der Waals surface area (Å²) >= 11 is 6.12. The minimum atomic E-state index is -3.82. The third-order valence-corrected chi connectivity index (χ3v) is 6.82. The van der Waals surface area contributed by atoms with E-state index in [0.717, 1.165) is 18.6 Å². The number of hydrogen-bond acceptors (Lipinski definition) is 4. The van der Waals surface area contributed by atoms with Gasteiger partial charge in [-0.15, -0.1) is 6.58 Å². The van der Waals surface area contributed by atoms with Crippen LogP contribution in [0.5, 0.6) is 11.5 Å². The number of benzene rings is 2. The number of hydrogen-bond donors (Lipinski definition) is 0. The Morgan fingerprint density at radius 3 is 2.43 bits per heavy atom. The van der Waals surface area contributed by atoms with E-state index >= 15 is 0 Å². The molecule has 0 amide bonds. The minimum absolute atomic E-state index is 0.0893. The molecule has 0 N–H and O–H groups in total. The molecule has 0 radical (unpaired) electrons. The van der Waals surface area contributed by atoms with Crippen LogP contribution in [0.1, 0.15) is 25.7 Å². The summed E-state index contributed by atoms with van der Waals surface area (Å²) in [4.78, 5) is 0.0893. The third kappa shape index (κ3) is 4.45. The van der Waals surface area contributed by atoms with Gasteiger partial charge in [0.05, 0.1) is 35.4 Å². The van der Waals surface area contributed by atoms with E-state index in [9.17, 15) is 8.42 Å². The Morgan fingerprint density at radius 2 is 1.86 bits per heavy atom. The molecule has 1 aliphatic carbocycles. The topological polar surface area (TPSA) is 55.8 Å². The van der Waals surface area contributed by atoms with Gasteiger partial charge in [-0.1, -0.05) is 17.7 Å². The van der Waals surface area contributed by atoms with Crippen molar-refractivity contribution in [3.8, 4) is 11.5 Å². The van der Waals surface area contributed by atoms with Crippen LogP contribution in [0.4, 0.5) is 5.69 Å². The van der Waals surface area contributed by atoms with E-state index in [-0.39, 0.29) is 22.6 Å². The first-order chi connectivity index (χ1) is 13.5. The van der Waals surface area contributed by atoms with Gasteiger partial charge in [-0.2, -0.15) is 0 Å². The first-order valence-corrected chi connectivity index (χ1v) is 11.0. The summed E-state index contributed by atoms with van der Waals surface area (Å²) in [6.45, 7) is 3.82. The number of anilines is 1. The summed E-state index contributed by atoms with van der Waals surface area (Å²) in [6, 6.07) is 11.5. The van der Waals surface area contributed by atoms with Crippen LogP contribution in [-0.4, -0.2) is 28.2 Å². The number of ether oxygens (including phenoxy) is 2. The molecule has 0 aromatic heterocycles. The van der Waals surface area contributed by atoms with E-state index < -0.39 is 10.0 Å². The molecule has 1 saturated carbocycles. The molecule has 0 atom stereocenters. The Hall–Kier alpha value is -2.18. The molecule has 0 heterocycles. The Labute approximate surface area is 171 Å². The van der Waals surface area contributed by atoms with Gasteiger partial charge in [0.1, 0.15) is 11.5 Å². The van der Waals surface area contributed by atoms with Crippen LogP contribution in [0.3, 0.4) is 0 Å². The van der Waals surface area contributed by atoms with Crippen molar-refractivity contribution < 1.29 is 17.9 Å². The fourth-order valence-electron chi connectivity index (χ4n) is 3.28. The summed E-state index contributed by atoms with van der Waals surface area (Å²) in [6.07, 6.45) is 6.32. The third-order valence-electron chi connectivity index (χ3n) is 4.74. The van der Waals surface area contributed by atoms with Crippen LogP contribution in [0.15, 0.2) is 60.0 Å². The minimum Gasteiger partial charge on any atom is -0.495 e. The van der Waals surface area contributed by atoms with E-state index in [1.165, 1.54) is 36.4 Å². The lowest BCUT2D eigenvalue weighted by atomic mass is 10.2. The molecule has 5 nitrogen and oxygen atoms in total. The average Bonchev–Trinajstić information content (AvgIpc) is 3.20. The van der Waals surface area contributed by atoms with Gasteiger partial charge in [-0.25, -0.2) is 8.42 Å². The van der Waals surface area contributed by atoms with Crippen LogP contribution >= 0.6 is 11.6 Å². The van der Waals surface area contributed by atoms with Crippen LogP contribution in [-0.2, 0) is 10.0 Å². The Morgan fingerprint density at radius 1 is 1.18 bits per heavy atom. The van der Waals surface area contributed by atoms with Crippen molar-refractivity contribution in [1.82, 2.24) is 0 Å². The second-order valence-electron chi connectivity index (χ2n) is 6.64. The zero-order chi connectivity index (χ0) is 20.1. The standard InChI is InChI=1S/C21H24ClNO4S/c1-3-14-23(28(24,25)19-12-13-21(26-2)20(22)15-19)16-8-10-18(11-9-16)27-17-6-4-5-7-17/h3,8-13,15,17H,1,4-7,14H2,2H3. The predicted molar refractivity (Wildman–Crippen MR) is 112 cm³/mol. The second kappa shape index (κ2) is 8.88. The van der Waals surface area contributed by atoms with E-state index in [0.29, 0.717) is 11.4 Å². The lowest BCUT2D eigenvalue weighted by Gasteiger charge is -2.24. The van der Waals surface area contributed by atoms with Crippen molar-refractivity contribution in [1.29, 1.82) is 0 Å². The van der Waals surface area contributed by atoms with Crippen LogP contribution in [0.2, 0.25) is 5.02 Å². The molecule has 28 heavy (non-hydrogen) atoms. The number of methoxy groups -OCH3 is 1. The Kier molecular flexibility index (Phi) is 6.52. The molecule has 2 aromatic rings. The molecule has 0 bridgehead atoms. The quantitative estimate of drug-likeness (QED) is 0.559. The van der Waals surface area contributed by atoms with E-state index in [1.54, 1.807) is 36.4 Å². The molecule has 7 heteroatoms. The lowest BCUT2D eigenvalue weighted by Crippen LogP contribution is -2.31. The summed E-state index contributed by atoms with van der Waals surface area (Å²) < 4.78 is 38.7. The Balaban J connectivity index is 1.87. The maximum absolute atomic E-state index is 13.2. The first kappa shape index (κ1) is 20.6. The van der Waals surface area contributed by atoms with Gasteiger partial charge in [-0.05, 0) is 68.1 Å². The highest BCUT2D eigenvalue weighted by Gasteiger charge is 2.25. The van der Waals surface area contributed by atoms with E-state index in [4.69, 9.17) is 21.1 Å². The SMILES string of the molecule is C=CCN(c1ccc(OC2CCCC2)cc1)S(=O)(=O)c1ccc(OC)c(Cl)c1. The fraction of sp³-hybridized carbons (Fsp3) is 0.333. The van der Waals surface area contributed by atoms with Crippen molar-refractivity contribution >= 4 is 27.3 Å². The lowest BCUT2D eigenvalue weighted by molar-refractivity contribution is 0.210. The molecular formula is C21H24ClNO4S. The van der Waals surface area contributed by atoms with Crippen molar-refractivity contribution in [2.24, 2.45) is 0 Å². The summed E-state index contributed by atoms with van der Waals surface area (Å²) in [5.41, 5.74) is 0.533. The van der Waals surface area contributed by atoms with Crippen LogP contribution in [0, 0.1) is 0 Å². The maximum atomic E-state index is 13.2. The van der Waals surface area contributed by atoms with Gasteiger partial charge in [0.25, 0.3) is 10.0 Å². The normalized spacial score (nSPS) is 14.6. The van der Waals surface area contributed by atoms with E-state index in [1.807, 2.05) is 0 Å². The molecule has 0 saturated heterocycles. The van der Waals surface area contributed by atoms with Gasteiger partial charge in [0.2, 0.25) is 0 Å². The molecule has 1 fully saturated rings.